The summed E-state index contributed by atoms with van der Waals surface area (Å²) in [6.07, 6.45) is 1.39. The molecule has 0 aromatic heterocycles. The van der Waals surface area contributed by atoms with Crippen molar-refractivity contribution in [3.63, 3.8) is 0 Å². The van der Waals surface area contributed by atoms with Gasteiger partial charge < -0.3 is 0 Å². The molecule has 0 radical (unpaired) electrons. The van der Waals surface area contributed by atoms with E-state index in [0.29, 0.717) is 16.3 Å². The summed E-state index contributed by atoms with van der Waals surface area (Å²) < 4.78 is 1.41. The Bertz CT molecular complexity index is 674. The van der Waals surface area contributed by atoms with Crippen LogP contribution in [-0.4, -0.2) is 17.5 Å². The molecule has 0 unspecified atom stereocenters. The summed E-state index contributed by atoms with van der Waals surface area (Å²) in [7, 11) is 0. The highest BCUT2D eigenvalue weighted by Crippen LogP contribution is 2.20. The van der Waals surface area contributed by atoms with Crippen LogP contribution in [0.3, 0.4) is 0 Å². The molecule has 0 aliphatic heterocycles. The van der Waals surface area contributed by atoms with Gasteiger partial charge in [0, 0.05) is 32.2 Å². The molecule has 5 nitrogen and oxygen atoms in total. The molecule has 2 rings (SSSR count). The fourth-order valence-corrected chi connectivity index (χ4v) is 2.02. The van der Waals surface area contributed by atoms with Crippen molar-refractivity contribution in [3.05, 3.63) is 72.7 Å². The molecular formula is C14H9Br2NO4. The number of hydrogen-bond donors (Lipinski definition) is 0. The first-order chi connectivity index (χ1) is 9.99. The number of carbonyl (C=O) groups excluding carboxylic acids is 2. The second-order valence-corrected chi connectivity index (χ2v) is 5.43. The maximum absolute atomic E-state index is 10.3. The first-order valence-corrected chi connectivity index (χ1v) is 7.17. The van der Waals surface area contributed by atoms with Gasteiger partial charge in [0.25, 0.3) is 5.69 Å². The maximum atomic E-state index is 10.3. The summed E-state index contributed by atoms with van der Waals surface area (Å²) >= 11 is 6.31. The second-order valence-electron chi connectivity index (χ2n) is 3.72. The Morgan fingerprint density at radius 2 is 1.48 bits per heavy atom. The van der Waals surface area contributed by atoms with E-state index in [1.807, 2.05) is 18.2 Å². The lowest BCUT2D eigenvalue weighted by molar-refractivity contribution is -0.384. The van der Waals surface area contributed by atoms with Crippen molar-refractivity contribution in [2.75, 3.05) is 0 Å². The molecule has 0 heterocycles. The highest BCUT2D eigenvalue weighted by atomic mass is 79.9. The molecule has 0 aliphatic carbocycles. The van der Waals surface area contributed by atoms with Crippen molar-refractivity contribution in [2.24, 2.45) is 0 Å². The highest BCUT2D eigenvalue weighted by Gasteiger charge is 2.07. The van der Waals surface area contributed by atoms with Crippen molar-refractivity contribution in [1.82, 2.24) is 0 Å². The Labute approximate surface area is 137 Å². The lowest BCUT2D eigenvalue weighted by Crippen LogP contribution is -1.90. The summed E-state index contributed by atoms with van der Waals surface area (Å²) in [5.74, 6) is 0. The third kappa shape index (κ3) is 5.20. The lowest BCUT2D eigenvalue weighted by Gasteiger charge is -1.94. The van der Waals surface area contributed by atoms with E-state index in [1.165, 1.54) is 18.2 Å². The lowest BCUT2D eigenvalue weighted by atomic mass is 10.2. The van der Waals surface area contributed by atoms with Gasteiger partial charge in [0.05, 0.1) is 4.92 Å². The Balaban J connectivity index is 0.000000219. The smallest absolute Gasteiger partial charge is 0.270 e. The van der Waals surface area contributed by atoms with E-state index in [1.54, 1.807) is 6.07 Å². The summed E-state index contributed by atoms with van der Waals surface area (Å²) in [5.41, 5.74) is 0.891. The Morgan fingerprint density at radius 1 is 0.905 bits per heavy atom. The molecule has 0 fully saturated rings. The topological polar surface area (TPSA) is 77.3 Å². The summed E-state index contributed by atoms with van der Waals surface area (Å²) in [6.45, 7) is 0. The molecule has 2 aromatic carbocycles. The van der Waals surface area contributed by atoms with Crippen LogP contribution in [0.4, 0.5) is 5.69 Å². The zero-order valence-corrected chi connectivity index (χ0v) is 13.7. The summed E-state index contributed by atoms with van der Waals surface area (Å²) in [4.78, 5) is 30.3. The van der Waals surface area contributed by atoms with E-state index in [9.17, 15) is 19.7 Å². The summed E-state index contributed by atoms with van der Waals surface area (Å²) in [5, 5.41) is 10.3. The van der Waals surface area contributed by atoms with Gasteiger partial charge in [0.15, 0.2) is 12.6 Å². The van der Waals surface area contributed by atoms with E-state index < -0.39 is 4.92 Å². The molecule has 0 atom stereocenters. The van der Waals surface area contributed by atoms with Crippen molar-refractivity contribution in [2.45, 2.75) is 0 Å². The van der Waals surface area contributed by atoms with E-state index >= 15 is 0 Å². The minimum atomic E-state index is -0.542. The van der Waals surface area contributed by atoms with Crippen LogP contribution in [0.5, 0.6) is 0 Å². The van der Waals surface area contributed by atoms with Crippen LogP contribution in [0, 0.1) is 10.1 Å². The number of benzene rings is 2. The number of rotatable bonds is 3. The molecule has 0 saturated carbocycles. The van der Waals surface area contributed by atoms with Crippen LogP contribution in [0.1, 0.15) is 20.7 Å². The van der Waals surface area contributed by atoms with E-state index in [4.69, 9.17) is 0 Å². The van der Waals surface area contributed by atoms with Gasteiger partial charge in [-0.2, -0.15) is 0 Å². The Hall–Kier alpha value is -1.86. The molecule has 0 saturated heterocycles. The van der Waals surface area contributed by atoms with Crippen molar-refractivity contribution in [3.8, 4) is 0 Å². The third-order valence-electron chi connectivity index (χ3n) is 2.35. The summed E-state index contributed by atoms with van der Waals surface area (Å²) in [6, 6.07) is 11.3. The SMILES string of the molecule is O=Cc1cc([N+](=O)[O-])ccc1Br.O=Cc1ccccc1Br. The predicted molar refractivity (Wildman–Crippen MR) is 85.7 cm³/mol. The van der Waals surface area contributed by atoms with E-state index in [2.05, 4.69) is 31.9 Å². The van der Waals surface area contributed by atoms with Crippen molar-refractivity contribution >= 4 is 50.1 Å². The van der Waals surface area contributed by atoms with Crippen LogP contribution in [0.25, 0.3) is 0 Å². The normalized spacial score (nSPS) is 9.24. The van der Waals surface area contributed by atoms with Gasteiger partial charge in [0.1, 0.15) is 0 Å². The van der Waals surface area contributed by atoms with E-state index in [0.717, 1.165) is 10.8 Å². The molecule has 7 heteroatoms. The maximum Gasteiger partial charge on any atom is 0.270 e. The monoisotopic (exact) mass is 413 g/mol. The number of non-ortho nitro benzene ring substituents is 1. The van der Waals surface area contributed by atoms with Gasteiger partial charge >= 0.3 is 0 Å². The minimum Gasteiger partial charge on any atom is -0.298 e. The first kappa shape index (κ1) is 17.2. The number of carbonyl (C=O) groups is 2. The van der Waals surface area contributed by atoms with Gasteiger partial charge in [-0.25, -0.2) is 0 Å². The fraction of sp³-hybridized carbons (Fsp3) is 0. The third-order valence-corrected chi connectivity index (χ3v) is 3.79. The van der Waals surface area contributed by atoms with Crippen LogP contribution in [-0.2, 0) is 0 Å². The number of hydrogen-bond acceptors (Lipinski definition) is 4. The predicted octanol–water partition coefficient (Wildman–Crippen LogP) is 4.43. The van der Waals surface area contributed by atoms with Crippen LogP contribution < -0.4 is 0 Å². The van der Waals surface area contributed by atoms with Crippen LogP contribution >= 0.6 is 31.9 Å². The zero-order chi connectivity index (χ0) is 15.8. The molecule has 0 spiro atoms. The average molecular weight is 415 g/mol. The average Bonchev–Trinajstić information content (AvgIpc) is 2.48. The van der Waals surface area contributed by atoms with Crippen molar-refractivity contribution in [1.29, 1.82) is 0 Å². The standard InChI is InChI=1S/C7H4BrNO3.C7H5BrO/c8-7-2-1-6(9(11)12)3-5(7)4-10;8-7-4-2-1-3-6(7)5-9/h1-4H;1-5H. The first-order valence-electron chi connectivity index (χ1n) is 5.58. The number of nitro groups is 1. The molecule has 0 aliphatic rings. The largest absolute Gasteiger partial charge is 0.298 e. The molecular weight excluding hydrogens is 406 g/mol. The number of aldehydes is 2. The second kappa shape index (κ2) is 8.43. The Kier molecular flexibility index (Phi) is 6.90. The number of nitro benzene ring substituents is 1. The van der Waals surface area contributed by atoms with Crippen LogP contribution in [0.2, 0.25) is 0 Å². The van der Waals surface area contributed by atoms with Gasteiger partial charge in [-0.3, -0.25) is 19.7 Å². The molecule has 0 bridgehead atoms. The molecule has 2 aromatic rings. The molecule has 0 N–H and O–H groups in total. The highest BCUT2D eigenvalue weighted by molar-refractivity contribution is 9.10. The number of halogens is 2. The van der Waals surface area contributed by atoms with Crippen molar-refractivity contribution < 1.29 is 14.5 Å². The minimum absolute atomic E-state index is 0.0831. The molecule has 21 heavy (non-hydrogen) atoms. The Morgan fingerprint density at radius 3 is 1.95 bits per heavy atom. The van der Waals surface area contributed by atoms with Crippen LogP contribution in [0.15, 0.2) is 51.4 Å². The zero-order valence-electron chi connectivity index (χ0n) is 10.5. The van der Waals surface area contributed by atoms with Gasteiger partial charge in [0.2, 0.25) is 0 Å². The fourth-order valence-electron chi connectivity index (χ4n) is 1.31. The molecule has 108 valence electrons. The van der Waals surface area contributed by atoms with Gasteiger partial charge in [-0.1, -0.05) is 50.1 Å². The van der Waals surface area contributed by atoms with Gasteiger partial charge in [-0.05, 0) is 12.1 Å². The van der Waals surface area contributed by atoms with Gasteiger partial charge in [-0.15, -0.1) is 0 Å². The molecule has 0 amide bonds. The van der Waals surface area contributed by atoms with E-state index in [-0.39, 0.29) is 11.3 Å². The quantitative estimate of drug-likeness (QED) is 0.422. The number of nitrogens with zero attached hydrogens (tertiary/aromatic N) is 1.